The lowest BCUT2D eigenvalue weighted by Crippen LogP contribution is -2.15. The molecular formula is C25H23ClN4OS. The fraction of sp³-hybridized carbons (Fsp3) is 0.160. The van der Waals surface area contributed by atoms with Crippen molar-refractivity contribution < 1.29 is 4.79 Å². The number of anilines is 1. The third-order valence-corrected chi connectivity index (χ3v) is 6.17. The third-order valence-electron chi connectivity index (χ3n) is 5.01. The Balaban J connectivity index is 1.61. The van der Waals surface area contributed by atoms with Crippen LogP contribution in [-0.2, 0) is 4.79 Å². The van der Waals surface area contributed by atoms with Crippen molar-refractivity contribution in [2.75, 3.05) is 11.1 Å². The molecule has 3 aromatic carbocycles. The number of hydrogen-bond acceptors (Lipinski definition) is 4. The van der Waals surface area contributed by atoms with E-state index in [4.69, 9.17) is 11.6 Å². The minimum absolute atomic E-state index is 0.129. The fourth-order valence-corrected chi connectivity index (χ4v) is 4.23. The Bertz CT molecular complexity index is 1270. The predicted molar refractivity (Wildman–Crippen MR) is 132 cm³/mol. The number of rotatable bonds is 6. The van der Waals surface area contributed by atoms with Crippen molar-refractivity contribution in [3.05, 3.63) is 88.4 Å². The first-order valence-electron chi connectivity index (χ1n) is 10.2. The van der Waals surface area contributed by atoms with Gasteiger partial charge in [-0.05, 0) is 56.7 Å². The van der Waals surface area contributed by atoms with E-state index in [0.29, 0.717) is 15.9 Å². The maximum absolute atomic E-state index is 12.6. The normalized spacial score (nSPS) is 10.9. The molecule has 1 heterocycles. The van der Waals surface area contributed by atoms with Gasteiger partial charge >= 0.3 is 0 Å². The van der Waals surface area contributed by atoms with Crippen LogP contribution in [0.25, 0.3) is 17.1 Å². The van der Waals surface area contributed by atoms with Gasteiger partial charge in [-0.15, -0.1) is 10.2 Å². The molecule has 0 unspecified atom stereocenters. The number of aryl methyl sites for hydroxylation is 3. The lowest BCUT2D eigenvalue weighted by Gasteiger charge is -2.12. The van der Waals surface area contributed by atoms with Crippen LogP contribution in [0.15, 0.2) is 71.9 Å². The summed E-state index contributed by atoms with van der Waals surface area (Å²) < 4.78 is 2.00. The molecule has 32 heavy (non-hydrogen) atoms. The summed E-state index contributed by atoms with van der Waals surface area (Å²) in [6, 6.07) is 21.8. The van der Waals surface area contributed by atoms with Gasteiger partial charge in [-0.1, -0.05) is 70.9 Å². The van der Waals surface area contributed by atoms with E-state index in [1.54, 1.807) is 12.1 Å². The van der Waals surface area contributed by atoms with Crippen molar-refractivity contribution in [2.45, 2.75) is 25.9 Å². The largest absolute Gasteiger partial charge is 0.325 e. The molecule has 0 atom stereocenters. The molecule has 7 heteroatoms. The summed E-state index contributed by atoms with van der Waals surface area (Å²) >= 11 is 7.41. The van der Waals surface area contributed by atoms with Gasteiger partial charge in [-0.3, -0.25) is 9.36 Å². The van der Waals surface area contributed by atoms with Crippen molar-refractivity contribution in [1.82, 2.24) is 14.8 Å². The van der Waals surface area contributed by atoms with Crippen LogP contribution < -0.4 is 5.32 Å². The highest BCUT2D eigenvalue weighted by Gasteiger charge is 2.18. The number of carbonyl (C=O) groups is 1. The molecular weight excluding hydrogens is 440 g/mol. The van der Waals surface area contributed by atoms with Gasteiger partial charge in [0.25, 0.3) is 0 Å². The summed E-state index contributed by atoms with van der Waals surface area (Å²) in [6.07, 6.45) is 0. The zero-order chi connectivity index (χ0) is 22.7. The second-order valence-corrected chi connectivity index (χ2v) is 9.02. The number of nitrogens with one attached hydrogen (secondary N) is 1. The molecule has 0 saturated heterocycles. The second kappa shape index (κ2) is 9.59. The van der Waals surface area contributed by atoms with E-state index in [-0.39, 0.29) is 11.7 Å². The summed E-state index contributed by atoms with van der Waals surface area (Å²) in [5.41, 5.74) is 5.91. The maximum atomic E-state index is 12.6. The molecule has 1 amide bonds. The Hall–Kier alpha value is -3.09. The predicted octanol–water partition coefficient (Wildman–Crippen LogP) is 6.24. The highest BCUT2D eigenvalue weighted by Crippen LogP contribution is 2.29. The van der Waals surface area contributed by atoms with Crippen molar-refractivity contribution in [1.29, 1.82) is 0 Å². The zero-order valence-corrected chi connectivity index (χ0v) is 19.7. The number of benzene rings is 3. The molecule has 0 aliphatic heterocycles. The molecule has 0 saturated carbocycles. The van der Waals surface area contributed by atoms with Gasteiger partial charge < -0.3 is 5.32 Å². The summed E-state index contributed by atoms with van der Waals surface area (Å²) in [5, 5.41) is 13.0. The average Bonchev–Trinajstić information content (AvgIpc) is 3.19. The zero-order valence-electron chi connectivity index (χ0n) is 18.1. The van der Waals surface area contributed by atoms with Crippen molar-refractivity contribution in [2.24, 2.45) is 0 Å². The van der Waals surface area contributed by atoms with Crippen LogP contribution in [0.1, 0.15) is 16.7 Å². The molecule has 0 aliphatic rings. The number of thioether (sulfide) groups is 1. The van der Waals surface area contributed by atoms with Crippen LogP contribution in [0, 0.1) is 20.8 Å². The van der Waals surface area contributed by atoms with Gasteiger partial charge in [0, 0.05) is 22.0 Å². The Morgan fingerprint density at radius 1 is 0.969 bits per heavy atom. The first-order valence-corrected chi connectivity index (χ1v) is 11.6. The standard InChI is InChI=1S/C25H23ClN4OS/c1-16-7-11-21(12-8-16)30-24(19-6-4-5-17(2)13-19)28-29-25(30)32-15-23(31)27-22-14-20(26)10-9-18(22)3/h4-14H,15H2,1-3H3,(H,27,31). The summed E-state index contributed by atoms with van der Waals surface area (Å²) in [4.78, 5) is 12.6. The van der Waals surface area contributed by atoms with E-state index in [1.807, 2.05) is 54.8 Å². The van der Waals surface area contributed by atoms with Gasteiger partial charge in [0.15, 0.2) is 11.0 Å². The smallest absolute Gasteiger partial charge is 0.234 e. The molecule has 0 fully saturated rings. The molecule has 4 aromatic rings. The quantitative estimate of drug-likeness (QED) is 0.344. The van der Waals surface area contributed by atoms with Crippen LogP contribution in [0.3, 0.4) is 0 Å². The molecule has 162 valence electrons. The van der Waals surface area contributed by atoms with Gasteiger partial charge in [0.05, 0.1) is 5.75 Å². The first-order chi connectivity index (χ1) is 15.4. The number of halogens is 1. The molecule has 0 radical (unpaired) electrons. The molecule has 5 nitrogen and oxygen atoms in total. The Morgan fingerprint density at radius 3 is 2.50 bits per heavy atom. The number of hydrogen-bond donors (Lipinski definition) is 1. The first kappa shape index (κ1) is 22.1. The SMILES string of the molecule is Cc1ccc(-n2c(SCC(=O)Nc3cc(Cl)ccc3C)nnc2-c2cccc(C)c2)cc1. The highest BCUT2D eigenvalue weighted by atomic mass is 35.5. The van der Waals surface area contributed by atoms with E-state index >= 15 is 0 Å². The van der Waals surface area contributed by atoms with Crippen molar-refractivity contribution in [3.8, 4) is 17.1 Å². The minimum atomic E-state index is -0.129. The minimum Gasteiger partial charge on any atom is -0.325 e. The summed E-state index contributed by atoms with van der Waals surface area (Å²) in [7, 11) is 0. The maximum Gasteiger partial charge on any atom is 0.234 e. The van der Waals surface area contributed by atoms with Crippen LogP contribution >= 0.6 is 23.4 Å². The summed E-state index contributed by atoms with van der Waals surface area (Å²) in [6.45, 7) is 6.03. The van der Waals surface area contributed by atoms with Gasteiger partial charge in [0.2, 0.25) is 5.91 Å². The van der Waals surface area contributed by atoms with Gasteiger partial charge in [-0.2, -0.15) is 0 Å². The van der Waals surface area contributed by atoms with E-state index in [1.165, 1.54) is 17.3 Å². The van der Waals surface area contributed by atoms with E-state index in [9.17, 15) is 4.79 Å². The monoisotopic (exact) mass is 462 g/mol. The highest BCUT2D eigenvalue weighted by molar-refractivity contribution is 7.99. The molecule has 4 rings (SSSR count). The summed E-state index contributed by atoms with van der Waals surface area (Å²) in [5.74, 6) is 0.811. The van der Waals surface area contributed by atoms with E-state index < -0.39 is 0 Å². The lowest BCUT2D eigenvalue weighted by molar-refractivity contribution is -0.113. The molecule has 0 spiro atoms. The third kappa shape index (κ3) is 5.03. The van der Waals surface area contributed by atoms with E-state index in [0.717, 1.165) is 28.2 Å². The van der Waals surface area contributed by atoms with Gasteiger partial charge in [-0.25, -0.2) is 0 Å². The van der Waals surface area contributed by atoms with Crippen molar-refractivity contribution in [3.63, 3.8) is 0 Å². The van der Waals surface area contributed by atoms with Crippen LogP contribution in [0.4, 0.5) is 5.69 Å². The average molecular weight is 463 g/mol. The molecule has 1 aromatic heterocycles. The molecule has 0 bridgehead atoms. The second-order valence-electron chi connectivity index (χ2n) is 7.64. The van der Waals surface area contributed by atoms with Crippen molar-refractivity contribution >= 4 is 35.0 Å². The Morgan fingerprint density at radius 2 is 1.75 bits per heavy atom. The topological polar surface area (TPSA) is 59.8 Å². The Kier molecular flexibility index (Phi) is 6.63. The fourth-order valence-electron chi connectivity index (χ4n) is 3.31. The Labute approximate surface area is 196 Å². The van der Waals surface area contributed by atoms with Crippen LogP contribution in [0.5, 0.6) is 0 Å². The number of aromatic nitrogens is 3. The van der Waals surface area contributed by atoms with Gasteiger partial charge in [0.1, 0.15) is 0 Å². The van der Waals surface area contributed by atoms with Crippen LogP contribution in [-0.4, -0.2) is 26.4 Å². The number of nitrogens with zero attached hydrogens (tertiary/aromatic N) is 3. The number of carbonyl (C=O) groups excluding carboxylic acids is 1. The molecule has 0 aliphatic carbocycles. The molecule has 1 N–H and O–H groups in total. The number of amides is 1. The lowest BCUT2D eigenvalue weighted by atomic mass is 10.1. The van der Waals surface area contributed by atoms with Crippen LogP contribution in [0.2, 0.25) is 5.02 Å². The van der Waals surface area contributed by atoms with E-state index in [2.05, 4.69) is 40.6 Å².